The summed E-state index contributed by atoms with van der Waals surface area (Å²) >= 11 is 0. The Morgan fingerprint density at radius 3 is 2.43 bits per heavy atom. The lowest BCUT2D eigenvalue weighted by Crippen LogP contribution is -2.36. The predicted octanol–water partition coefficient (Wildman–Crippen LogP) is 3.44. The molecule has 1 amide bonds. The lowest BCUT2D eigenvalue weighted by molar-refractivity contribution is -0.120. The molecule has 1 unspecified atom stereocenters. The first kappa shape index (κ1) is 17.3. The molecule has 1 rings (SSSR count). The number of nitrogens with one attached hydrogen (secondary N) is 2. The third kappa shape index (κ3) is 7.59. The number of amides is 1. The predicted molar refractivity (Wildman–Crippen MR) is 87.8 cm³/mol. The van der Waals surface area contributed by atoms with E-state index in [-0.39, 0.29) is 18.5 Å². The summed E-state index contributed by atoms with van der Waals surface area (Å²) < 4.78 is 5.66. The summed E-state index contributed by atoms with van der Waals surface area (Å²) in [6.07, 6.45) is 1.99. The van der Waals surface area contributed by atoms with Crippen molar-refractivity contribution in [2.24, 2.45) is 5.92 Å². The van der Waals surface area contributed by atoms with E-state index >= 15 is 0 Å². The monoisotopic (exact) mass is 292 g/mol. The average molecular weight is 292 g/mol. The van der Waals surface area contributed by atoms with Crippen LogP contribution in [0.15, 0.2) is 24.3 Å². The van der Waals surface area contributed by atoms with Crippen molar-refractivity contribution in [3.8, 4) is 5.75 Å². The molecule has 0 radical (unpaired) electrons. The maximum Gasteiger partial charge on any atom is 0.239 e. The van der Waals surface area contributed by atoms with E-state index in [1.165, 1.54) is 0 Å². The molecule has 0 aliphatic rings. The van der Waals surface area contributed by atoms with Gasteiger partial charge in [0, 0.05) is 11.7 Å². The first-order chi connectivity index (χ1) is 10.0. The van der Waals surface area contributed by atoms with Crippen molar-refractivity contribution < 1.29 is 9.53 Å². The molecule has 0 aliphatic carbocycles. The molecule has 1 aromatic carbocycles. The van der Waals surface area contributed by atoms with Crippen LogP contribution in [-0.4, -0.2) is 25.1 Å². The highest BCUT2D eigenvalue weighted by Crippen LogP contribution is 2.16. The zero-order chi connectivity index (χ0) is 15.7. The van der Waals surface area contributed by atoms with Crippen LogP contribution in [0.1, 0.15) is 40.5 Å². The smallest absolute Gasteiger partial charge is 0.239 e. The number of anilines is 1. The molecule has 118 valence electrons. The molecule has 0 saturated carbocycles. The summed E-state index contributed by atoms with van der Waals surface area (Å²) in [5.41, 5.74) is 0.922. The van der Waals surface area contributed by atoms with Crippen molar-refractivity contribution in [3.63, 3.8) is 0 Å². The van der Waals surface area contributed by atoms with Gasteiger partial charge in [-0.05, 0) is 49.9 Å². The van der Waals surface area contributed by atoms with Gasteiger partial charge in [0.25, 0.3) is 0 Å². The van der Waals surface area contributed by atoms with E-state index in [9.17, 15) is 4.79 Å². The highest BCUT2D eigenvalue weighted by Gasteiger charge is 2.05. The molecular formula is C17H28N2O2. The average Bonchev–Trinajstić information content (AvgIpc) is 2.46. The Hall–Kier alpha value is -1.71. The van der Waals surface area contributed by atoms with Crippen molar-refractivity contribution in [1.82, 2.24) is 5.32 Å². The Kier molecular flexibility index (Phi) is 7.65. The number of hydrogen-bond acceptors (Lipinski definition) is 3. The number of carbonyl (C=O) groups is 1. The molecule has 1 atom stereocenters. The van der Waals surface area contributed by atoms with Gasteiger partial charge in [-0.15, -0.1) is 0 Å². The van der Waals surface area contributed by atoms with Gasteiger partial charge in [0.2, 0.25) is 5.91 Å². The first-order valence-electron chi connectivity index (χ1n) is 7.77. The summed E-state index contributed by atoms with van der Waals surface area (Å²) in [5.74, 6) is 1.53. The van der Waals surface area contributed by atoms with Gasteiger partial charge in [-0.1, -0.05) is 20.8 Å². The zero-order valence-electron chi connectivity index (χ0n) is 13.6. The summed E-state index contributed by atoms with van der Waals surface area (Å²) in [6, 6.07) is 7.93. The fourth-order valence-corrected chi connectivity index (χ4v) is 1.69. The second-order valence-corrected chi connectivity index (χ2v) is 5.79. The van der Waals surface area contributed by atoms with Crippen LogP contribution in [0.3, 0.4) is 0 Å². The van der Waals surface area contributed by atoms with Crippen molar-refractivity contribution in [1.29, 1.82) is 0 Å². The van der Waals surface area contributed by atoms with Crippen LogP contribution >= 0.6 is 0 Å². The Morgan fingerprint density at radius 2 is 1.86 bits per heavy atom. The minimum atomic E-state index is 0.0154. The van der Waals surface area contributed by atoms with Crippen molar-refractivity contribution in [2.75, 3.05) is 18.5 Å². The van der Waals surface area contributed by atoms with Crippen molar-refractivity contribution in [2.45, 2.75) is 46.6 Å². The minimum absolute atomic E-state index is 0.0154. The third-order valence-electron chi connectivity index (χ3n) is 3.29. The molecule has 2 N–H and O–H groups in total. The minimum Gasteiger partial charge on any atom is -0.494 e. The molecule has 0 bridgehead atoms. The summed E-state index contributed by atoms with van der Waals surface area (Å²) in [6.45, 7) is 9.44. The maximum atomic E-state index is 11.7. The number of hydrogen-bond donors (Lipinski definition) is 2. The van der Waals surface area contributed by atoms with Crippen LogP contribution in [-0.2, 0) is 4.79 Å². The number of rotatable bonds is 9. The van der Waals surface area contributed by atoms with Crippen LogP contribution < -0.4 is 15.4 Å². The third-order valence-corrected chi connectivity index (χ3v) is 3.29. The van der Waals surface area contributed by atoms with Crippen LogP contribution in [0.5, 0.6) is 5.75 Å². The van der Waals surface area contributed by atoms with E-state index in [0.29, 0.717) is 5.92 Å². The lowest BCUT2D eigenvalue weighted by atomic mass is 10.1. The SMILES string of the molecule is CCC(C)NC(=O)CNc1ccc(OCCC(C)C)cc1. The second kappa shape index (κ2) is 9.27. The number of carbonyl (C=O) groups excluding carboxylic acids is 1. The van der Waals surface area contributed by atoms with E-state index in [4.69, 9.17) is 4.74 Å². The van der Waals surface area contributed by atoms with Crippen LogP contribution in [0.2, 0.25) is 0 Å². The topological polar surface area (TPSA) is 50.4 Å². The highest BCUT2D eigenvalue weighted by molar-refractivity contribution is 5.80. The van der Waals surface area contributed by atoms with E-state index in [0.717, 1.165) is 30.9 Å². The molecule has 21 heavy (non-hydrogen) atoms. The number of benzene rings is 1. The molecular weight excluding hydrogens is 264 g/mol. The summed E-state index contributed by atoms with van der Waals surface area (Å²) in [7, 11) is 0. The van der Waals surface area contributed by atoms with Crippen LogP contribution in [0.4, 0.5) is 5.69 Å². The molecule has 1 aromatic rings. The fraction of sp³-hybridized carbons (Fsp3) is 0.588. The van der Waals surface area contributed by atoms with Crippen molar-refractivity contribution in [3.05, 3.63) is 24.3 Å². The zero-order valence-corrected chi connectivity index (χ0v) is 13.6. The largest absolute Gasteiger partial charge is 0.494 e. The van der Waals surface area contributed by atoms with E-state index < -0.39 is 0 Å². The number of ether oxygens (including phenoxy) is 1. The highest BCUT2D eigenvalue weighted by atomic mass is 16.5. The van der Waals surface area contributed by atoms with Crippen LogP contribution in [0.25, 0.3) is 0 Å². The quantitative estimate of drug-likeness (QED) is 0.733. The van der Waals surface area contributed by atoms with Gasteiger partial charge in [0.1, 0.15) is 5.75 Å². The summed E-state index contributed by atoms with van der Waals surface area (Å²) in [4.78, 5) is 11.7. The normalized spacial score (nSPS) is 12.0. The van der Waals surface area contributed by atoms with Gasteiger partial charge >= 0.3 is 0 Å². The standard InChI is InChI=1S/C17H28N2O2/c1-5-14(4)19-17(20)12-18-15-6-8-16(9-7-15)21-11-10-13(2)3/h6-9,13-14,18H,5,10-12H2,1-4H3,(H,19,20). The first-order valence-corrected chi connectivity index (χ1v) is 7.77. The summed E-state index contributed by atoms with van der Waals surface area (Å²) in [5, 5.41) is 6.03. The van der Waals surface area contributed by atoms with Gasteiger partial charge in [-0.2, -0.15) is 0 Å². The van der Waals surface area contributed by atoms with E-state index in [1.807, 2.05) is 31.2 Å². The Bertz CT molecular complexity index is 415. The molecule has 0 fully saturated rings. The van der Waals surface area contributed by atoms with Gasteiger partial charge in [0.15, 0.2) is 0 Å². The molecule has 0 spiro atoms. The molecule has 0 heterocycles. The molecule has 0 saturated heterocycles. The Labute approximate surface area is 128 Å². The fourth-order valence-electron chi connectivity index (χ4n) is 1.69. The van der Waals surface area contributed by atoms with E-state index in [1.54, 1.807) is 0 Å². The molecule has 4 heteroatoms. The van der Waals surface area contributed by atoms with Crippen molar-refractivity contribution >= 4 is 11.6 Å². The second-order valence-electron chi connectivity index (χ2n) is 5.79. The Morgan fingerprint density at radius 1 is 1.19 bits per heavy atom. The molecule has 0 aliphatic heterocycles. The molecule has 0 aromatic heterocycles. The molecule has 4 nitrogen and oxygen atoms in total. The maximum absolute atomic E-state index is 11.7. The van der Waals surface area contributed by atoms with Gasteiger partial charge in [-0.25, -0.2) is 0 Å². The van der Waals surface area contributed by atoms with Gasteiger partial charge in [-0.3, -0.25) is 4.79 Å². The lowest BCUT2D eigenvalue weighted by Gasteiger charge is -2.13. The van der Waals surface area contributed by atoms with Crippen LogP contribution in [0, 0.1) is 5.92 Å². The van der Waals surface area contributed by atoms with Gasteiger partial charge in [0.05, 0.1) is 13.2 Å². The van der Waals surface area contributed by atoms with Gasteiger partial charge < -0.3 is 15.4 Å². The Balaban J connectivity index is 2.32. The van der Waals surface area contributed by atoms with E-state index in [2.05, 4.69) is 31.4 Å².